The lowest BCUT2D eigenvalue weighted by Gasteiger charge is -2.32. The van der Waals surface area contributed by atoms with Gasteiger partial charge >= 0.3 is 0 Å². The first-order valence-electron chi connectivity index (χ1n) is 6.34. The first kappa shape index (κ1) is 14.4. The topological polar surface area (TPSA) is 78.6 Å². The molecule has 1 aliphatic rings. The summed E-state index contributed by atoms with van der Waals surface area (Å²) in [6.45, 7) is 7.48. The van der Waals surface area contributed by atoms with Crippen LogP contribution in [0.15, 0.2) is 0 Å². The van der Waals surface area contributed by atoms with Crippen molar-refractivity contribution in [2.45, 2.75) is 51.7 Å². The van der Waals surface area contributed by atoms with Crippen LogP contribution in [0.5, 0.6) is 0 Å². The Morgan fingerprint density at radius 3 is 2.59 bits per heavy atom. The zero-order valence-corrected chi connectivity index (χ0v) is 11.1. The molecule has 0 bridgehead atoms. The molecule has 0 aromatic carbocycles. The number of hydrogen-bond donors (Lipinski definition) is 3. The Bertz CT molecular complexity index is 266. The summed E-state index contributed by atoms with van der Waals surface area (Å²) < 4.78 is 0. The zero-order valence-electron chi connectivity index (χ0n) is 11.1. The highest BCUT2D eigenvalue weighted by Gasteiger charge is 2.32. The average molecular weight is 243 g/mol. The van der Waals surface area contributed by atoms with Gasteiger partial charge in [-0.25, -0.2) is 5.84 Å². The Morgan fingerprint density at radius 2 is 2.06 bits per heavy atom. The van der Waals surface area contributed by atoms with E-state index in [1.165, 1.54) is 0 Å². The lowest BCUT2D eigenvalue weighted by atomic mass is 9.98. The highest BCUT2D eigenvalue weighted by molar-refractivity contribution is 5.81. The van der Waals surface area contributed by atoms with E-state index < -0.39 is 5.60 Å². The second-order valence-electron chi connectivity index (χ2n) is 5.58. The van der Waals surface area contributed by atoms with E-state index in [1.54, 1.807) is 0 Å². The van der Waals surface area contributed by atoms with Gasteiger partial charge < -0.3 is 5.11 Å². The number of nitrogens with two attached hydrogens (primary N) is 1. The van der Waals surface area contributed by atoms with E-state index in [9.17, 15) is 9.90 Å². The molecule has 1 aliphatic heterocycles. The normalized spacial score (nSPS) is 28.8. The van der Waals surface area contributed by atoms with Gasteiger partial charge in [0.1, 0.15) is 0 Å². The largest absolute Gasteiger partial charge is 0.390 e. The molecule has 0 aromatic heterocycles. The molecule has 0 spiro atoms. The van der Waals surface area contributed by atoms with Gasteiger partial charge in [-0.15, -0.1) is 0 Å². The Hall–Kier alpha value is -0.650. The number of nitrogens with one attached hydrogen (secondary N) is 1. The molecule has 100 valence electrons. The summed E-state index contributed by atoms with van der Waals surface area (Å²) in [5.74, 6) is 5.31. The van der Waals surface area contributed by atoms with Crippen LogP contribution in [0.4, 0.5) is 0 Å². The van der Waals surface area contributed by atoms with Crippen LogP contribution < -0.4 is 11.3 Å². The molecule has 5 heteroatoms. The second-order valence-corrected chi connectivity index (χ2v) is 5.58. The number of hydrogen-bond acceptors (Lipinski definition) is 4. The monoisotopic (exact) mass is 243 g/mol. The molecule has 1 rings (SSSR count). The van der Waals surface area contributed by atoms with Gasteiger partial charge in [-0.3, -0.25) is 15.1 Å². The van der Waals surface area contributed by atoms with Gasteiger partial charge in [-0.2, -0.15) is 0 Å². The molecule has 2 atom stereocenters. The summed E-state index contributed by atoms with van der Waals surface area (Å²) >= 11 is 0. The predicted octanol–water partition coefficient (Wildman–Crippen LogP) is 0.238. The molecular formula is C12H25N3O2. The zero-order chi connectivity index (χ0) is 13.1. The van der Waals surface area contributed by atoms with Crippen LogP contribution in [0.2, 0.25) is 0 Å². The molecule has 1 amide bonds. The fourth-order valence-electron chi connectivity index (χ4n) is 2.54. The van der Waals surface area contributed by atoms with Gasteiger partial charge in [-0.05, 0) is 38.6 Å². The van der Waals surface area contributed by atoms with Gasteiger partial charge in [0.25, 0.3) is 5.91 Å². The van der Waals surface area contributed by atoms with Crippen molar-refractivity contribution in [3.8, 4) is 0 Å². The number of aliphatic hydroxyl groups is 1. The molecule has 0 saturated carbocycles. The van der Waals surface area contributed by atoms with Crippen LogP contribution in [0.3, 0.4) is 0 Å². The van der Waals surface area contributed by atoms with Gasteiger partial charge in [0.2, 0.25) is 0 Å². The van der Waals surface area contributed by atoms with Gasteiger partial charge in [0.05, 0.1) is 11.6 Å². The summed E-state index contributed by atoms with van der Waals surface area (Å²) in [6.07, 6.45) is 2.40. The van der Waals surface area contributed by atoms with Gasteiger partial charge in [-0.1, -0.05) is 13.8 Å². The summed E-state index contributed by atoms with van der Waals surface area (Å²) in [6, 6.07) is -0.200. The van der Waals surface area contributed by atoms with Crippen LogP contribution in [-0.2, 0) is 4.79 Å². The first-order chi connectivity index (χ1) is 7.87. The van der Waals surface area contributed by atoms with Crippen molar-refractivity contribution in [3.63, 3.8) is 0 Å². The number of rotatable bonds is 3. The van der Waals surface area contributed by atoms with Crippen LogP contribution in [0.25, 0.3) is 0 Å². The summed E-state index contributed by atoms with van der Waals surface area (Å²) in [7, 11) is 0. The average Bonchev–Trinajstić information content (AvgIpc) is 2.40. The van der Waals surface area contributed by atoms with Crippen molar-refractivity contribution >= 4 is 5.91 Å². The smallest absolute Gasteiger partial charge is 0.251 e. The maximum atomic E-state index is 11.8. The third-order valence-electron chi connectivity index (χ3n) is 3.53. The predicted molar refractivity (Wildman–Crippen MR) is 67.0 cm³/mol. The molecule has 4 N–H and O–H groups in total. The summed E-state index contributed by atoms with van der Waals surface area (Å²) in [5.41, 5.74) is 1.64. The molecule has 2 unspecified atom stereocenters. The van der Waals surface area contributed by atoms with Crippen molar-refractivity contribution in [2.75, 3.05) is 13.1 Å². The number of hydrazine groups is 1. The van der Waals surface area contributed by atoms with E-state index in [0.717, 1.165) is 25.9 Å². The van der Waals surface area contributed by atoms with E-state index >= 15 is 0 Å². The lowest BCUT2D eigenvalue weighted by Crippen LogP contribution is -2.52. The Labute approximate surface area is 103 Å². The number of carbonyl (C=O) groups excluding carboxylic acids is 1. The number of nitrogens with zero attached hydrogens (tertiary/aromatic N) is 1. The maximum absolute atomic E-state index is 11.8. The van der Waals surface area contributed by atoms with Gasteiger partial charge in [0, 0.05) is 6.54 Å². The second kappa shape index (κ2) is 5.80. The fraction of sp³-hybridized carbons (Fsp3) is 0.917. The molecule has 0 aliphatic carbocycles. The molecule has 0 radical (unpaired) electrons. The molecule has 5 nitrogen and oxygen atoms in total. The van der Waals surface area contributed by atoms with Crippen molar-refractivity contribution < 1.29 is 9.90 Å². The molecule has 17 heavy (non-hydrogen) atoms. The van der Waals surface area contributed by atoms with Crippen molar-refractivity contribution in [3.05, 3.63) is 0 Å². The quantitative estimate of drug-likeness (QED) is 0.377. The molecule has 1 fully saturated rings. The summed E-state index contributed by atoms with van der Waals surface area (Å²) in [4.78, 5) is 13.9. The number of likely N-dealkylation sites (tertiary alicyclic amines) is 1. The van der Waals surface area contributed by atoms with E-state index in [4.69, 9.17) is 5.84 Å². The van der Waals surface area contributed by atoms with Crippen LogP contribution in [0, 0.1) is 5.92 Å². The maximum Gasteiger partial charge on any atom is 0.251 e. The third-order valence-corrected chi connectivity index (χ3v) is 3.53. The number of carbonyl (C=O) groups is 1. The lowest BCUT2D eigenvalue weighted by molar-refractivity contribution is -0.128. The Kier molecular flexibility index (Phi) is 4.91. The van der Waals surface area contributed by atoms with Gasteiger partial charge in [0.15, 0.2) is 0 Å². The highest BCUT2D eigenvalue weighted by atomic mass is 16.3. The van der Waals surface area contributed by atoms with E-state index in [-0.39, 0.29) is 17.9 Å². The van der Waals surface area contributed by atoms with Crippen molar-refractivity contribution in [1.82, 2.24) is 10.3 Å². The summed E-state index contributed by atoms with van der Waals surface area (Å²) in [5, 5.41) is 10.0. The molecular weight excluding hydrogens is 218 g/mol. The molecule has 1 saturated heterocycles. The Balaban J connectivity index is 2.72. The van der Waals surface area contributed by atoms with Crippen LogP contribution >= 0.6 is 0 Å². The molecule has 0 aromatic rings. The molecule has 1 heterocycles. The first-order valence-corrected chi connectivity index (χ1v) is 6.34. The Morgan fingerprint density at radius 1 is 1.41 bits per heavy atom. The van der Waals surface area contributed by atoms with Crippen molar-refractivity contribution in [2.24, 2.45) is 11.8 Å². The third kappa shape index (κ3) is 3.94. The van der Waals surface area contributed by atoms with E-state index in [0.29, 0.717) is 6.42 Å². The van der Waals surface area contributed by atoms with Crippen LogP contribution in [0.1, 0.15) is 40.0 Å². The minimum Gasteiger partial charge on any atom is -0.390 e. The van der Waals surface area contributed by atoms with E-state index in [2.05, 4.69) is 10.3 Å². The fourth-order valence-corrected chi connectivity index (χ4v) is 2.54. The highest BCUT2D eigenvalue weighted by Crippen LogP contribution is 2.24. The van der Waals surface area contributed by atoms with Crippen LogP contribution in [-0.4, -0.2) is 40.6 Å². The van der Waals surface area contributed by atoms with E-state index in [1.807, 2.05) is 20.8 Å². The minimum atomic E-state index is -0.602. The van der Waals surface area contributed by atoms with Crippen molar-refractivity contribution in [1.29, 1.82) is 0 Å². The minimum absolute atomic E-state index is 0.137. The standard InChI is InChI=1S/C12H25N3O2/c1-9(2)10(11(16)14-13)15-7-4-5-12(3,17)6-8-15/h9-10,17H,4-8,13H2,1-3H3,(H,14,16). The SMILES string of the molecule is CC(C)C(C(=O)NN)N1CCCC(C)(O)CC1. The number of amides is 1.